The zero-order valence-corrected chi connectivity index (χ0v) is 17.7. The molecule has 2 aliphatic rings. The third-order valence-electron chi connectivity index (χ3n) is 5.04. The Hall–Kier alpha value is -2.24. The van der Waals surface area contributed by atoms with Crippen LogP contribution in [0.4, 0.5) is 5.69 Å². The second-order valence-corrected chi connectivity index (χ2v) is 7.88. The van der Waals surface area contributed by atoms with Crippen molar-refractivity contribution < 1.29 is 9.47 Å². The van der Waals surface area contributed by atoms with E-state index < -0.39 is 0 Å². The Morgan fingerprint density at radius 2 is 1.72 bits per heavy atom. The van der Waals surface area contributed by atoms with Crippen molar-refractivity contribution in [2.45, 2.75) is 25.4 Å². The number of rotatable bonds is 7. The highest BCUT2D eigenvalue weighted by Gasteiger charge is 2.26. The van der Waals surface area contributed by atoms with Crippen molar-refractivity contribution in [3.8, 4) is 0 Å². The van der Waals surface area contributed by atoms with Gasteiger partial charge < -0.3 is 14.4 Å². The van der Waals surface area contributed by atoms with Gasteiger partial charge in [0, 0.05) is 18.8 Å². The molecule has 2 atom stereocenters. The van der Waals surface area contributed by atoms with Crippen molar-refractivity contribution in [1.82, 2.24) is 0 Å². The molecule has 0 fully saturated rings. The second kappa shape index (κ2) is 9.06. The fraction of sp³-hybridized carbons (Fsp3) is 0.364. The van der Waals surface area contributed by atoms with Crippen LogP contribution >= 0.6 is 23.2 Å². The molecule has 0 saturated carbocycles. The molecule has 7 heteroatoms. The van der Waals surface area contributed by atoms with Crippen LogP contribution in [0.25, 0.3) is 0 Å². The summed E-state index contributed by atoms with van der Waals surface area (Å²) in [5.41, 5.74) is 2.19. The SMILES string of the molecule is CCN(CC1COC(CC2=NC(c3ccc(Cl)c(Cl)c3)CO2)=N1)c1ccccc1. The highest BCUT2D eigenvalue weighted by atomic mass is 35.5. The summed E-state index contributed by atoms with van der Waals surface area (Å²) in [5, 5.41) is 1.06. The molecule has 29 heavy (non-hydrogen) atoms. The van der Waals surface area contributed by atoms with Crippen molar-refractivity contribution in [2.24, 2.45) is 9.98 Å². The Morgan fingerprint density at radius 3 is 2.48 bits per heavy atom. The van der Waals surface area contributed by atoms with Crippen molar-refractivity contribution in [3.05, 3.63) is 64.1 Å². The van der Waals surface area contributed by atoms with E-state index in [1.54, 1.807) is 6.07 Å². The minimum absolute atomic E-state index is 0.0776. The number of nitrogens with zero attached hydrogens (tertiary/aromatic N) is 3. The summed E-state index contributed by atoms with van der Waals surface area (Å²) in [7, 11) is 0. The van der Waals surface area contributed by atoms with Crippen LogP contribution in [0.2, 0.25) is 10.0 Å². The summed E-state index contributed by atoms with van der Waals surface area (Å²) < 4.78 is 11.6. The van der Waals surface area contributed by atoms with Gasteiger partial charge in [0.2, 0.25) is 0 Å². The Kier molecular flexibility index (Phi) is 6.26. The average Bonchev–Trinajstić information content (AvgIpc) is 3.39. The summed E-state index contributed by atoms with van der Waals surface area (Å²) in [6, 6.07) is 16.0. The maximum Gasteiger partial charge on any atom is 0.193 e. The Morgan fingerprint density at radius 1 is 0.966 bits per heavy atom. The molecule has 5 nitrogen and oxygen atoms in total. The maximum atomic E-state index is 6.12. The molecule has 0 amide bonds. The summed E-state index contributed by atoms with van der Waals surface area (Å²) in [6.07, 6.45) is 0.478. The van der Waals surface area contributed by atoms with E-state index in [0.29, 0.717) is 41.5 Å². The molecule has 0 saturated heterocycles. The smallest absolute Gasteiger partial charge is 0.193 e. The first-order chi connectivity index (χ1) is 14.1. The van der Waals surface area contributed by atoms with Crippen LogP contribution in [0.15, 0.2) is 58.5 Å². The number of likely N-dealkylation sites (N-methyl/N-ethyl adjacent to an activating group) is 1. The molecule has 4 rings (SSSR count). The van der Waals surface area contributed by atoms with Gasteiger partial charge in [-0.2, -0.15) is 0 Å². The first kappa shape index (κ1) is 20.0. The van der Waals surface area contributed by atoms with Crippen LogP contribution < -0.4 is 4.90 Å². The van der Waals surface area contributed by atoms with Gasteiger partial charge in [-0.1, -0.05) is 47.5 Å². The van der Waals surface area contributed by atoms with Gasteiger partial charge in [0.1, 0.15) is 25.3 Å². The number of aliphatic imine (C=N–C) groups is 2. The van der Waals surface area contributed by atoms with Gasteiger partial charge in [-0.25, -0.2) is 9.98 Å². The van der Waals surface area contributed by atoms with E-state index in [4.69, 9.17) is 37.7 Å². The van der Waals surface area contributed by atoms with Gasteiger partial charge in [-0.3, -0.25) is 0 Å². The predicted octanol–water partition coefficient (Wildman–Crippen LogP) is 5.18. The lowest BCUT2D eigenvalue weighted by molar-refractivity contribution is 0.299. The molecule has 2 unspecified atom stereocenters. The lowest BCUT2D eigenvalue weighted by atomic mass is 10.1. The fourth-order valence-corrected chi connectivity index (χ4v) is 3.82. The molecule has 2 aromatic rings. The van der Waals surface area contributed by atoms with Crippen LogP contribution in [0.5, 0.6) is 0 Å². The monoisotopic (exact) mass is 431 g/mol. The third kappa shape index (κ3) is 4.85. The van der Waals surface area contributed by atoms with Gasteiger partial charge in [-0.15, -0.1) is 0 Å². The summed E-state index contributed by atoms with van der Waals surface area (Å²) in [4.78, 5) is 11.7. The van der Waals surface area contributed by atoms with Crippen LogP contribution in [0.3, 0.4) is 0 Å². The Labute approximate surface area is 181 Å². The molecule has 0 N–H and O–H groups in total. The zero-order chi connectivity index (χ0) is 20.2. The molecule has 0 spiro atoms. The number of hydrogen-bond donors (Lipinski definition) is 0. The summed E-state index contributed by atoms with van der Waals surface area (Å²) in [6.45, 7) is 4.97. The van der Waals surface area contributed by atoms with Gasteiger partial charge in [0.25, 0.3) is 0 Å². The van der Waals surface area contributed by atoms with E-state index in [9.17, 15) is 0 Å². The van der Waals surface area contributed by atoms with Crippen molar-refractivity contribution in [2.75, 3.05) is 31.2 Å². The Bertz CT molecular complexity index is 918. The van der Waals surface area contributed by atoms with Crippen molar-refractivity contribution >= 4 is 40.7 Å². The average molecular weight is 432 g/mol. The molecule has 0 aromatic heterocycles. The first-order valence-electron chi connectivity index (χ1n) is 9.76. The second-order valence-electron chi connectivity index (χ2n) is 7.06. The lowest BCUT2D eigenvalue weighted by Crippen LogP contribution is -2.32. The highest BCUT2D eigenvalue weighted by molar-refractivity contribution is 6.42. The molecule has 0 radical (unpaired) electrons. The van der Waals surface area contributed by atoms with Gasteiger partial charge >= 0.3 is 0 Å². The lowest BCUT2D eigenvalue weighted by Gasteiger charge is -2.24. The molecule has 2 heterocycles. The standard InChI is InChI=1S/C22H23Cl2N3O2/c1-2-27(17-6-4-3-5-7-17)12-16-13-28-21(25-16)11-22-26-20(14-29-22)15-8-9-18(23)19(24)10-15/h3-10,16,20H,2,11-14H2,1H3. The molecular weight excluding hydrogens is 409 g/mol. The van der Waals surface area contributed by atoms with Crippen LogP contribution in [0, 0.1) is 0 Å². The van der Waals surface area contributed by atoms with Gasteiger partial charge in [-0.05, 0) is 36.8 Å². The van der Waals surface area contributed by atoms with Crippen LogP contribution in [-0.4, -0.2) is 44.1 Å². The first-order valence-corrected chi connectivity index (χ1v) is 10.5. The number of ether oxygens (including phenoxy) is 2. The number of anilines is 1. The van der Waals surface area contributed by atoms with Crippen LogP contribution in [-0.2, 0) is 9.47 Å². The van der Waals surface area contributed by atoms with Crippen LogP contribution in [0.1, 0.15) is 24.9 Å². The topological polar surface area (TPSA) is 46.4 Å². The van der Waals surface area contributed by atoms with Crippen molar-refractivity contribution in [3.63, 3.8) is 0 Å². The van der Waals surface area contributed by atoms with E-state index in [1.807, 2.05) is 18.2 Å². The fourth-order valence-electron chi connectivity index (χ4n) is 3.51. The van der Waals surface area contributed by atoms with E-state index >= 15 is 0 Å². The van der Waals surface area contributed by atoms with E-state index in [2.05, 4.69) is 41.1 Å². The highest BCUT2D eigenvalue weighted by Crippen LogP contribution is 2.30. The number of para-hydroxylation sites is 1. The summed E-state index contributed by atoms with van der Waals surface area (Å²) >= 11 is 12.1. The molecule has 152 valence electrons. The predicted molar refractivity (Wildman–Crippen MR) is 119 cm³/mol. The van der Waals surface area contributed by atoms with E-state index in [-0.39, 0.29) is 12.1 Å². The minimum Gasteiger partial charge on any atom is -0.478 e. The number of hydrogen-bond acceptors (Lipinski definition) is 5. The number of benzene rings is 2. The molecule has 0 bridgehead atoms. The van der Waals surface area contributed by atoms with E-state index in [1.165, 1.54) is 5.69 Å². The largest absolute Gasteiger partial charge is 0.478 e. The molecule has 2 aromatic carbocycles. The molecular formula is C22H23Cl2N3O2. The van der Waals surface area contributed by atoms with Crippen molar-refractivity contribution in [1.29, 1.82) is 0 Å². The van der Waals surface area contributed by atoms with E-state index in [0.717, 1.165) is 18.7 Å². The van der Waals surface area contributed by atoms with Gasteiger partial charge in [0.05, 0.1) is 16.5 Å². The zero-order valence-electron chi connectivity index (χ0n) is 16.2. The molecule has 0 aliphatic carbocycles. The normalized spacial score (nSPS) is 20.7. The summed E-state index contributed by atoms with van der Waals surface area (Å²) in [5.74, 6) is 1.34. The Balaban J connectivity index is 1.37. The quantitative estimate of drug-likeness (QED) is 0.606. The maximum absolute atomic E-state index is 6.12. The minimum atomic E-state index is -0.0776. The molecule has 2 aliphatic heterocycles. The van der Waals surface area contributed by atoms with Gasteiger partial charge in [0.15, 0.2) is 11.8 Å². The number of halogens is 2. The third-order valence-corrected chi connectivity index (χ3v) is 5.78.